The summed E-state index contributed by atoms with van der Waals surface area (Å²) < 4.78 is 13.1. The minimum atomic E-state index is -0.253. The molecule has 0 aliphatic carbocycles. The Morgan fingerprint density at radius 2 is 2.04 bits per heavy atom. The highest BCUT2D eigenvalue weighted by atomic mass is 35.5. The number of halogens is 1. The van der Waals surface area contributed by atoms with Crippen molar-refractivity contribution in [3.05, 3.63) is 52.8 Å². The molecule has 28 heavy (non-hydrogen) atoms. The Balaban J connectivity index is 1.79. The van der Waals surface area contributed by atoms with E-state index >= 15 is 0 Å². The minimum absolute atomic E-state index is 0.253. The van der Waals surface area contributed by atoms with Gasteiger partial charge in [0.1, 0.15) is 5.82 Å². The van der Waals surface area contributed by atoms with Crippen LogP contribution in [0.2, 0.25) is 5.02 Å². The lowest BCUT2D eigenvalue weighted by Gasteiger charge is -2.14. The second-order valence-electron chi connectivity index (χ2n) is 6.28. The van der Waals surface area contributed by atoms with Crippen LogP contribution in [0.4, 0.5) is 0 Å². The highest BCUT2D eigenvalue weighted by Crippen LogP contribution is 2.36. The van der Waals surface area contributed by atoms with Crippen LogP contribution in [0.15, 0.2) is 36.4 Å². The maximum Gasteiger partial charge on any atom is 0.251 e. The number of nitrogens with one attached hydrogen (secondary N) is 1. The third-order valence-electron chi connectivity index (χ3n) is 4.40. The van der Waals surface area contributed by atoms with Crippen LogP contribution in [-0.4, -0.2) is 29.2 Å². The van der Waals surface area contributed by atoms with Crippen LogP contribution >= 0.6 is 11.6 Å². The van der Waals surface area contributed by atoms with Gasteiger partial charge in [0.05, 0.1) is 36.3 Å². The van der Waals surface area contributed by atoms with Crippen LogP contribution in [0.3, 0.4) is 0 Å². The third kappa shape index (κ3) is 4.07. The summed E-state index contributed by atoms with van der Waals surface area (Å²) >= 11 is 6.31. The average Bonchev–Trinajstić information content (AvgIpc) is 3.07. The molecule has 0 radical (unpaired) electrons. The molecule has 0 fully saturated rings. The number of amides is 1. The number of hydrogen-bond acceptors (Lipinski definition) is 4. The number of carbonyl (C=O) groups excluding carboxylic acids is 1. The summed E-state index contributed by atoms with van der Waals surface area (Å²) in [4.78, 5) is 17.3. The van der Waals surface area contributed by atoms with Crippen molar-refractivity contribution in [3.63, 3.8) is 0 Å². The number of aryl methyl sites for hydroxylation is 1. The third-order valence-corrected chi connectivity index (χ3v) is 4.68. The van der Waals surface area contributed by atoms with Gasteiger partial charge < -0.3 is 19.4 Å². The van der Waals surface area contributed by atoms with E-state index in [1.807, 2.05) is 31.2 Å². The van der Waals surface area contributed by atoms with Crippen molar-refractivity contribution >= 4 is 28.5 Å². The molecule has 7 heteroatoms. The molecule has 0 bridgehead atoms. The summed E-state index contributed by atoms with van der Waals surface area (Å²) in [6.07, 6.45) is 0.847. The van der Waals surface area contributed by atoms with Crippen LogP contribution in [0.25, 0.3) is 11.0 Å². The van der Waals surface area contributed by atoms with Gasteiger partial charge in [-0.3, -0.25) is 4.79 Å². The van der Waals surface area contributed by atoms with Gasteiger partial charge >= 0.3 is 0 Å². The van der Waals surface area contributed by atoms with Gasteiger partial charge in [0.15, 0.2) is 11.5 Å². The first-order valence-electron chi connectivity index (χ1n) is 9.31. The van der Waals surface area contributed by atoms with Crippen LogP contribution < -0.4 is 14.8 Å². The van der Waals surface area contributed by atoms with Crippen LogP contribution in [-0.2, 0) is 13.1 Å². The number of carbonyl (C=O) groups is 1. The van der Waals surface area contributed by atoms with E-state index < -0.39 is 0 Å². The van der Waals surface area contributed by atoms with Gasteiger partial charge in [0, 0.05) is 12.1 Å². The fourth-order valence-electron chi connectivity index (χ4n) is 3.07. The number of hydrogen-bond donors (Lipinski definition) is 1. The van der Waals surface area contributed by atoms with Crippen molar-refractivity contribution in [3.8, 4) is 11.5 Å². The van der Waals surface area contributed by atoms with E-state index in [1.165, 1.54) is 7.11 Å². The molecule has 0 saturated heterocycles. The lowest BCUT2D eigenvalue weighted by atomic mass is 10.2. The van der Waals surface area contributed by atoms with Crippen molar-refractivity contribution in [2.45, 2.75) is 33.4 Å². The lowest BCUT2D eigenvalue weighted by Crippen LogP contribution is -2.24. The summed E-state index contributed by atoms with van der Waals surface area (Å²) in [6.45, 7) is 5.67. The zero-order chi connectivity index (χ0) is 20.1. The standard InChI is InChI=1S/C21H24ClN3O3/c1-4-10-28-20-15(22)11-14(12-18(20)27-3)21(26)23-13-19-24-16-8-6-7-9-17(16)25(19)5-2/h6-9,11-12H,4-5,10,13H2,1-3H3,(H,23,26). The average molecular weight is 402 g/mol. The number of aromatic nitrogens is 2. The molecule has 0 spiro atoms. The maximum absolute atomic E-state index is 12.7. The first-order valence-corrected chi connectivity index (χ1v) is 9.69. The predicted octanol–water partition coefficient (Wildman–Crippen LogP) is 4.44. The first kappa shape index (κ1) is 20.0. The Morgan fingerprint density at radius 3 is 2.75 bits per heavy atom. The highest BCUT2D eigenvalue weighted by Gasteiger charge is 2.17. The predicted molar refractivity (Wildman–Crippen MR) is 110 cm³/mol. The van der Waals surface area contributed by atoms with Gasteiger partial charge in [0.2, 0.25) is 0 Å². The molecule has 1 N–H and O–H groups in total. The summed E-state index contributed by atoms with van der Waals surface area (Å²) in [6, 6.07) is 11.1. The highest BCUT2D eigenvalue weighted by molar-refractivity contribution is 6.32. The topological polar surface area (TPSA) is 65.4 Å². The fraction of sp³-hybridized carbons (Fsp3) is 0.333. The molecule has 6 nitrogen and oxygen atoms in total. The van der Waals surface area contributed by atoms with E-state index in [0.717, 1.165) is 29.8 Å². The zero-order valence-electron chi connectivity index (χ0n) is 16.3. The van der Waals surface area contributed by atoms with Crippen molar-refractivity contribution < 1.29 is 14.3 Å². The molecule has 2 aromatic carbocycles. The van der Waals surface area contributed by atoms with E-state index in [9.17, 15) is 4.79 Å². The molecule has 0 aliphatic heterocycles. The Bertz CT molecular complexity index is 984. The second-order valence-corrected chi connectivity index (χ2v) is 6.69. The number of fused-ring (bicyclic) bond motifs is 1. The number of imidazole rings is 1. The molecule has 1 aromatic heterocycles. The van der Waals surface area contributed by atoms with E-state index in [-0.39, 0.29) is 5.91 Å². The Labute approximate surface area is 169 Å². The van der Waals surface area contributed by atoms with Crippen LogP contribution in [0, 0.1) is 0 Å². The maximum atomic E-state index is 12.7. The number of ether oxygens (including phenoxy) is 2. The Hall–Kier alpha value is -2.73. The largest absolute Gasteiger partial charge is 0.493 e. The second kappa shape index (κ2) is 8.97. The first-order chi connectivity index (χ1) is 13.6. The monoisotopic (exact) mass is 401 g/mol. The molecule has 148 valence electrons. The molecule has 0 saturated carbocycles. The molecule has 1 heterocycles. The SMILES string of the molecule is CCCOc1c(Cl)cc(C(=O)NCc2nc3ccccc3n2CC)cc1OC. The summed E-state index contributed by atoms with van der Waals surface area (Å²) in [5.41, 5.74) is 2.37. The van der Waals surface area contributed by atoms with Gasteiger partial charge in [-0.15, -0.1) is 0 Å². The number of benzene rings is 2. The number of nitrogens with zero attached hydrogens (tertiary/aromatic N) is 2. The van der Waals surface area contributed by atoms with E-state index in [1.54, 1.807) is 12.1 Å². The number of methoxy groups -OCH3 is 1. The van der Waals surface area contributed by atoms with E-state index in [0.29, 0.717) is 35.2 Å². The van der Waals surface area contributed by atoms with Crippen molar-refractivity contribution in [1.82, 2.24) is 14.9 Å². The number of para-hydroxylation sites is 2. The molecule has 3 aromatic rings. The minimum Gasteiger partial charge on any atom is -0.493 e. The molecular formula is C21H24ClN3O3. The van der Waals surface area contributed by atoms with Crippen molar-refractivity contribution in [2.24, 2.45) is 0 Å². The van der Waals surface area contributed by atoms with Gasteiger partial charge in [-0.1, -0.05) is 30.7 Å². The van der Waals surface area contributed by atoms with Crippen LogP contribution in [0.1, 0.15) is 36.5 Å². The fourth-order valence-corrected chi connectivity index (χ4v) is 3.33. The van der Waals surface area contributed by atoms with Crippen molar-refractivity contribution in [1.29, 1.82) is 0 Å². The molecule has 0 atom stereocenters. The molecule has 3 rings (SSSR count). The van der Waals surface area contributed by atoms with Crippen LogP contribution in [0.5, 0.6) is 11.5 Å². The summed E-state index contributed by atoms with van der Waals surface area (Å²) in [5, 5.41) is 3.26. The summed E-state index contributed by atoms with van der Waals surface area (Å²) in [5.74, 6) is 1.44. The normalized spacial score (nSPS) is 10.9. The van der Waals surface area contributed by atoms with E-state index in [2.05, 4.69) is 21.8 Å². The van der Waals surface area contributed by atoms with Crippen molar-refractivity contribution in [2.75, 3.05) is 13.7 Å². The van der Waals surface area contributed by atoms with Gasteiger partial charge in [-0.05, 0) is 37.6 Å². The lowest BCUT2D eigenvalue weighted by molar-refractivity contribution is 0.0949. The number of rotatable bonds is 8. The molecule has 0 unspecified atom stereocenters. The molecule has 1 amide bonds. The quantitative estimate of drug-likeness (QED) is 0.606. The Kier molecular flexibility index (Phi) is 6.41. The van der Waals surface area contributed by atoms with Gasteiger partial charge in [0.25, 0.3) is 5.91 Å². The van der Waals surface area contributed by atoms with Gasteiger partial charge in [-0.25, -0.2) is 4.98 Å². The molecular weight excluding hydrogens is 378 g/mol. The van der Waals surface area contributed by atoms with Gasteiger partial charge in [-0.2, -0.15) is 0 Å². The summed E-state index contributed by atoms with van der Waals surface area (Å²) in [7, 11) is 1.52. The Morgan fingerprint density at radius 1 is 1.25 bits per heavy atom. The smallest absolute Gasteiger partial charge is 0.251 e. The van der Waals surface area contributed by atoms with E-state index in [4.69, 9.17) is 21.1 Å². The zero-order valence-corrected chi connectivity index (χ0v) is 17.0. The molecule has 0 aliphatic rings.